The van der Waals surface area contributed by atoms with Crippen LogP contribution in [0.15, 0.2) is 47.7 Å². The van der Waals surface area contributed by atoms with Crippen LogP contribution in [0.25, 0.3) is 0 Å². The van der Waals surface area contributed by atoms with Gasteiger partial charge in [0.05, 0.1) is 0 Å². The molecular weight excluding hydrogens is 206 g/mol. The third-order valence-corrected chi connectivity index (χ3v) is 2.72. The van der Waals surface area contributed by atoms with Crippen molar-refractivity contribution in [1.82, 2.24) is 5.32 Å². The molecule has 1 aliphatic heterocycles. The molecule has 1 aromatic carbocycles. The Kier molecular flexibility index (Phi) is 3.12. The van der Waals surface area contributed by atoms with Crippen molar-refractivity contribution < 1.29 is 0 Å². The van der Waals surface area contributed by atoms with E-state index in [1.54, 1.807) is 0 Å². The molecule has 78 valence electrons. The molecule has 0 amide bonds. The fourth-order valence-corrected chi connectivity index (χ4v) is 1.68. The van der Waals surface area contributed by atoms with E-state index in [0.717, 1.165) is 18.0 Å². The topological polar surface area (TPSA) is 12.0 Å². The SMILES string of the molecule is CC1=CC=C(Cc2ccc(Cl)cc2)NC1. The first-order valence-corrected chi connectivity index (χ1v) is 5.46. The van der Waals surface area contributed by atoms with Gasteiger partial charge in [-0.25, -0.2) is 0 Å². The summed E-state index contributed by atoms with van der Waals surface area (Å²) in [6, 6.07) is 7.99. The van der Waals surface area contributed by atoms with Crippen molar-refractivity contribution in [3.05, 3.63) is 58.3 Å². The van der Waals surface area contributed by atoms with Crippen LogP contribution in [0, 0.1) is 0 Å². The Morgan fingerprint density at radius 1 is 1.20 bits per heavy atom. The molecule has 0 unspecified atom stereocenters. The number of dihydropyridines is 1. The lowest BCUT2D eigenvalue weighted by molar-refractivity contribution is 0.817. The molecular formula is C13H14ClN. The van der Waals surface area contributed by atoms with Crippen molar-refractivity contribution in [1.29, 1.82) is 0 Å². The molecule has 0 saturated heterocycles. The minimum atomic E-state index is 0.792. The van der Waals surface area contributed by atoms with Gasteiger partial charge in [-0.15, -0.1) is 0 Å². The zero-order valence-electron chi connectivity index (χ0n) is 8.76. The number of hydrogen-bond acceptors (Lipinski definition) is 1. The Balaban J connectivity index is 2.06. The fourth-order valence-electron chi connectivity index (χ4n) is 1.56. The van der Waals surface area contributed by atoms with Gasteiger partial charge >= 0.3 is 0 Å². The van der Waals surface area contributed by atoms with E-state index < -0.39 is 0 Å². The molecule has 0 aromatic heterocycles. The lowest BCUT2D eigenvalue weighted by Gasteiger charge is -2.15. The quantitative estimate of drug-likeness (QED) is 0.805. The summed E-state index contributed by atoms with van der Waals surface area (Å²) in [4.78, 5) is 0. The van der Waals surface area contributed by atoms with Crippen LogP contribution in [-0.4, -0.2) is 6.54 Å². The van der Waals surface area contributed by atoms with E-state index in [1.807, 2.05) is 12.1 Å². The molecule has 0 bridgehead atoms. The zero-order valence-corrected chi connectivity index (χ0v) is 9.51. The van der Waals surface area contributed by atoms with Gasteiger partial charge in [0.15, 0.2) is 0 Å². The average Bonchev–Trinajstić information content (AvgIpc) is 2.25. The Morgan fingerprint density at radius 3 is 2.53 bits per heavy atom. The molecule has 1 heterocycles. The normalized spacial score (nSPS) is 15.3. The molecule has 1 N–H and O–H groups in total. The van der Waals surface area contributed by atoms with Crippen LogP contribution in [-0.2, 0) is 6.42 Å². The van der Waals surface area contributed by atoms with E-state index in [-0.39, 0.29) is 0 Å². The Morgan fingerprint density at radius 2 is 1.93 bits per heavy atom. The van der Waals surface area contributed by atoms with Crippen molar-refractivity contribution in [2.24, 2.45) is 0 Å². The first-order valence-electron chi connectivity index (χ1n) is 5.09. The lowest BCUT2D eigenvalue weighted by atomic mass is 10.1. The second kappa shape index (κ2) is 4.54. The van der Waals surface area contributed by atoms with Crippen LogP contribution >= 0.6 is 11.6 Å². The van der Waals surface area contributed by atoms with E-state index in [9.17, 15) is 0 Å². The van der Waals surface area contributed by atoms with Gasteiger partial charge in [-0.2, -0.15) is 0 Å². The first-order chi connectivity index (χ1) is 7.24. The molecule has 0 radical (unpaired) electrons. The number of allylic oxidation sites excluding steroid dienone is 3. The third-order valence-electron chi connectivity index (χ3n) is 2.47. The second-order valence-electron chi connectivity index (χ2n) is 3.86. The number of halogens is 1. The van der Waals surface area contributed by atoms with E-state index >= 15 is 0 Å². The van der Waals surface area contributed by atoms with Crippen molar-refractivity contribution >= 4 is 11.6 Å². The molecule has 1 aromatic rings. The average molecular weight is 220 g/mol. The third kappa shape index (κ3) is 2.87. The van der Waals surface area contributed by atoms with Crippen LogP contribution in [0.1, 0.15) is 12.5 Å². The Labute approximate surface area is 95.5 Å². The van der Waals surface area contributed by atoms with Gasteiger partial charge < -0.3 is 5.32 Å². The maximum Gasteiger partial charge on any atom is 0.0406 e. The monoisotopic (exact) mass is 219 g/mol. The van der Waals surface area contributed by atoms with E-state index in [2.05, 4.69) is 36.5 Å². The predicted molar refractivity (Wildman–Crippen MR) is 65.0 cm³/mol. The molecule has 0 saturated carbocycles. The minimum Gasteiger partial charge on any atom is -0.384 e. The van der Waals surface area contributed by atoms with Crippen LogP contribution in [0.5, 0.6) is 0 Å². The summed E-state index contributed by atoms with van der Waals surface area (Å²) >= 11 is 5.83. The standard InChI is InChI=1S/C13H14ClN/c1-10-2-7-13(15-9-10)8-11-3-5-12(14)6-4-11/h2-7,15H,8-9H2,1H3. The van der Waals surface area contributed by atoms with Crippen molar-refractivity contribution in [3.63, 3.8) is 0 Å². The van der Waals surface area contributed by atoms with Crippen LogP contribution in [0.4, 0.5) is 0 Å². The zero-order chi connectivity index (χ0) is 10.7. The van der Waals surface area contributed by atoms with Gasteiger partial charge in [0.1, 0.15) is 0 Å². The first kappa shape index (κ1) is 10.3. The van der Waals surface area contributed by atoms with Gasteiger partial charge in [-0.1, -0.05) is 35.4 Å². The summed E-state index contributed by atoms with van der Waals surface area (Å²) < 4.78 is 0. The maximum absolute atomic E-state index is 5.83. The predicted octanol–water partition coefficient (Wildman–Crippen LogP) is 3.32. The summed E-state index contributed by atoms with van der Waals surface area (Å²) in [6.45, 7) is 3.09. The maximum atomic E-state index is 5.83. The molecule has 1 aliphatic rings. The number of nitrogens with one attached hydrogen (secondary N) is 1. The van der Waals surface area contributed by atoms with E-state index in [1.165, 1.54) is 16.8 Å². The van der Waals surface area contributed by atoms with Gasteiger partial charge in [-0.3, -0.25) is 0 Å². The highest BCUT2D eigenvalue weighted by Gasteiger charge is 2.02. The highest BCUT2D eigenvalue weighted by Crippen LogP contribution is 2.13. The van der Waals surface area contributed by atoms with Gasteiger partial charge in [0.2, 0.25) is 0 Å². The molecule has 0 aliphatic carbocycles. The minimum absolute atomic E-state index is 0.792. The molecule has 0 atom stereocenters. The summed E-state index contributed by atoms with van der Waals surface area (Å²) in [5.41, 5.74) is 3.92. The van der Waals surface area contributed by atoms with Crippen LogP contribution in [0.3, 0.4) is 0 Å². The van der Waals surface area contributed by atoms with Gasteiger partial charge in [0.25, 0.3) is 0 Å². The Hall–Kier alpha value is -1.21. The highest BCUT2D eigenvalue weighted by atomic mass is 35.5. The van der Waals surface area contributed by atoms with Gasteiger partial charge in [-0.05, 0) is 30.7 Å². The summed E-state index contributed by atoms with van der Waals surface area (Å²) in [5, 5.41) is 4.18. The molecule has 2 heteroatoms. The van der Waals surface area contributed by atoms with E-state index in [4.69, 9.17) is 11.6 Å². The van der Waals surface area contributed by atoms with E-state index in [0.29, 0.717) is 0 Å². The molecule has 0 spiro atoms. The highest BCUT2D eigenvalue weighted by molar-refractivity contribution is 6.30. The van der Waals surface area contributed by atoms with Crippen molar-refractivity contribution in [2.45, 2.75) is 13.3 Å². The second-order valence-corrected chi connectivity index (χ2v) is 4.30. The number of benzene rings is 1. The van der Waals surface area contributed by atoms with Crippen LogP contribution < -0.4 is 5.32 Å². The number of rotatable bonds is 2. The largest absolute Gasteiger partial charge is 0.384 e. The smallest absolute Gasteiger partial charge is 0.0406 e. The fraction of sp³-hybridized carbons (Fsp3) is 0.231. The lowest BCUT2D eigenvalue weighted by Crippen LogP contribution is -2.19. The van der Waals surface area contributed by atoms with Crippen LogP contribution in [0.2, 0.25) is 5.02 Å². The summed E-state index contributed by atoms with van der Waals surface area (Å²) in [6.07, 6.45) is 5.26. The molecule has 0 fully saturated rings. The van der Waals surface area contributed by atoms with Crippen molar-refractivity contribution in [3.8, 4) is 0 Å². The number of hydrogen-bond donors (Lipinski definition) is 1. The van der Waals surface area contributed by atoms with Crippen molar-refractivity contribution in [2.75, 3.05) is 6.54 Å². The van der Waals surface area contributed by atoms with Gasteiger partial charge in [0, 0.05) is 23.7 Å². The molecule has 2 rings (SSSR count). The Bertz CT molecular complexity index is 401. The summed E-state index contributed by atoms with van der Waals surface area (Å²) in [7, 11) is 0. The molecule has 15 heavy (non-hydrogen) atoms. The summed E-state index contributed by atoms with van der Waals surface area (Å²) in [5.74, 6) is 0. The molecule has 1 nitrogen and oxygen atoms in total.